The Bertz CT molecular complexity index is 1100. The van der Waals surface area contributed by atoms with Gasteiger partial charge in [-0.05, 0) is 24.9 Å². The molecule has 4 rings (SSSR count). The summed E-state index contributed by atoms with van der Waals surface area (Å²) in [6, 6.07) is 7.48. The van der Waals surface area contributed by atoms with Crippen LogP contribution in [0, 0.1) is 0 Å². The summed E-state index contributed by atoms with van der Waals surface area (Å²) in [5, 5.41) is 10.6. The fourth-order valence-corrected chi connectivity index (χ4v) is 3.69. The van der Waals surface area contributed by atoms with Crippen molar-refractivity contribution in [2.45, 2.75) is 51.4 Å². The predicted molar refractivity (Wildman–Crippen MR) is 114 cm³/mol. The van der Waals surface area contributed by atoms with E-state index in [4.69, 9.17) is 4.74 Å². The van der Waals surface area contributed by atoms with E-state index in [0.717, 1.165) is 5.69 Å². The summed E-state index contributed by atoms with van der Waals surface area (Å²) in [5.74, 6) is 0.0174. The third-order valence-electron chi connectivity index (χ3n) is 5.35. The maximum Gasteiger partial charge on any atom is 0.573 e. The van der Waals surface area contributed by atoms with Crippen LogP contribution in [0.25, 0.3) is 5.65 Å². The number of piperidine rings is 1. The molecule has 1 aromatic carbocycles. The van der Waals surface area contributed by atoms with Crippen LogP contribution in [0.2, 0.25) is 0 Å². The molecule has 1 aliphatic heterocycles. The van der Waals surface area contributed by atoms with Crippen molar-refractivity contribution in [2.75, 3.05) is 18.4 Å². The van der Waals surface area contributed by atoms with Crippen LogP contribution in [-0.4, -0.2) is 46.3 Å². The molecule has 1 aliphatic rings. The lowest BCUT2D eigenvalue weighted by Crippen LogP contribution is -2.44. The monoisotopic (exact) mass is 467 g/mol. The normalized spacial score (nSPS) is 19.1. The number of nitrogens with one attached hydrogen (secondary N) is 2. The van der Waals surface area contributed by atoms with Gasteiger partial charge >= 0.3 is 6.36 Å². The molecule has 0 saturated carbocycles. The molecule has 7 nitrogen and oxygen atoms in total. The van der Waals surface area contributed by atoms with E-state index in [1.165, 1.54) is 18.2 Å². The Hall–Kier alpha value is -3.08. The molecule has 1 fully saturated rings. The quantitative estimate of drug-likeness (QED) is 0.501. The fourth-order valence-electron chi connectivity index (χ4n) is 3.69. The van der Waals surface area contributed by atoms with Gasteiger partial charge in [0.2, 0.25) is 5.88 Å². The van der Waals surface area contributed by atoms with Gasteiger partial charge in [-0.3, -0.25) is 0 Å². The maximum atomic E-state index is 14.3. The van der Waals surface area contributed by atoms with E-state index in [2.05, 4.69) is 25.5 Å². The number of hydrogen-bond donors (Lipinski definition) is 2. The van der Waals surface area contributed by atoms with E-state index < -0.39 is 18.6 Å². The van der Waals surface area contributed by atoms with Gasteiger partial charge in [-0.1, -0.05) is 32.0 Å². The molecule has 3 aromatic rings. The number of para-hydroxylation sites is 1. The van der Waals surface area contributed by atoms with E-state index in [-0.39, 0.29) is 30.6 Å². The lowest BCUT2D eigenvalue weighted by molar-refractivity contribution is -0.274. The van der Waals surface area contributed by atoms with Crippen LogP contribution in [0.1, 0.15) is 37.4 Å². The van der Waals surface area contributed by atoms with E-state index in [1.807, 2.05) is 13.8 Å². The van der Waals surface area contributed by atoms with Gasteiger partial charge in [-0.15, -0.1) is 18.3 Å². The molecule has 0 aliphatic carbocycles. The number of hydrogen-bond acceptors (Lipinski definition) is 6. The number of rotatable bonds is 7. The van der Waals surface area contributed by atoms with Gasteiger partial charge in [-0.2, -0.15) is 0 Å². The van der Waals surface area contributed by atoms with E-state index in [9.17, 15) is 17.6 Å². The minimum Gasteiger partial charge on any atom is -0.470 e. The van der Waals surface area contributed by atoms with Crippen LogP contribution in [0.3, 0.4) is 0 Å². The van der Waals surface area contributed by atoms with Gasteiger partial charge < -0.3 is 20.1 Å². The van der Waals surface area contributed by atoms with E-state index in [0.29, 0.717) is 29.9 Å². The zero-order chi connectivity index (χ0) is 23.6. The van der Waals surface area contributed by atoms with Crippen molar-refractivity contribution in [1.29, 1.82) is 0 Å². The molecule has 0 amide bonds. The second-order valence-corrected chi connectivity index (χ2v) is 8.14. The molecule has 11 heteroatoms. The molecular weight excluding hydrogens is 442 g/mol. The summed E-state index contributed by atoms with van der Waals surface area (Å²) >= 11 is 0. The number of fused-ring (bicyclic) bond motifs is 1. The smallest absolute Gasteiger partial charge is 0.470 e. The minimum absolute atomic E-state index is 0.0360. The number of ether oxygens (including phenoxy) is 2. The number of nitrogens with zero attached hydrogens (tertiary/aromatic N) is 3. The summed E-state index contributed by atoms with van der Waals surface area (Å²) in [6.45, 7) is 4.85. The van der Waals surface area contributed by atoms with Gasteiger partial charge in [0.05, 0.1) is 17.6 Å². The Morgan fingerprint density at radius 2 is 2.06 bits per heavy atom. The summed E-state index contributed by atoms with van der Waals surface area (Å²) in [5.41, 5.74) is 2.12. The Labute approximate surface area is 188 Å². The largest absolute Gasteiger partial charge is 0.573 e. The molecular formula is C22H25F4N5O2. The highest BCUT2D eigenvalue weighted by molar-refractivity contribution is 5.69. The number of aromatic nitrogens is 3. The Balaban J connectivity index is 1.64. The standard InChI is InChI=1S/C22H25F4N5O2/c1-13(2)17-12-29-21-16(28-10-14-5-3-4-6-18(14)33-22(24,25)26)9-20(30-31(17)21)32-19-7-8-27-11-15(19)23/h3-6,9,12-13,15,19,27-28H,7-8,10-11H2,1-2H3. The molecule has 2 unspecified atom stereocenters. The predicted octanol–water partition coefficient (Wildman–Crippen LogP) is 4.44. The first-order valence-corrected chi connectivity index (χ1v) is 10.7. The summed E-state index contributed by atoms with van der Waals surface area (Å²) in [4.78, 5) is 4.42. The average molecular weight is 467 g/mol. The Morgan fingerprint density at radius 1 is 1.27 bits per heavy atom. The van der Waals surface area contributed by atoms with Gasteiger partial charge in [0, 0.05) is 24.7 Å². The van der Waals surface area contributed by atoms with Crippen molar-refractivity contribution < 1.29 is 27.0 Å². The first kappa shape index (κ1) is 23.1. The molecule has 33 heavy (non-hydrogen) atoms. The molecule has 0 radical (unpaired) electrons. The summed E-state index contributed by atoms with van der Waals surface area (Å²) in [6.07, 6.45) is -4.44. The van der Waals surface area contributed by atoms with Gasteiger partial charge in [-0.25, -0.2) is 13.9 Å². The van der Waals surface area contributed by atoms with Crippen molar-refractivity contribution in [3.05, 3.63) is 47.8 Å². The third-order valence-corrected chi connectivity index (χ3v) is 5.35. The SMILES string of the molecule is CC(C)c1cnc2c(NCc3ccccc3OC(F)(F)F)cc(OC3CCNCC3F)nn12. The molecule has 2 atom stereocenters. The first-order valence-electron chi connectivity index (χ1n) is 10.7. The van der Waals surface area contributed by atoms with Gasteiger partial charge in [0.25, 0.3) is 0 Å². The zero-order valence-electron chi connectivity index (χ0n) is 18.2. The Kier molecular flexibility index (Phi) is 6.59. The van der Waals surface area contributed by atoms with Gasteiger partial charge in [0.15, 0.2) is 5.65 Å². The molecule has 1 saturated heterocycles. The number of alkyl halides is 4. The summed E-state index contributed by atoms with van der Waals surface area (Å²) < 4.78 is 64.2. The fraction of sp³-hybridized carbons (Fsp3) is 0.455. The lowest BCUT2D eigenvalue weighted by Gasteiger charge is -2.27. The lowest BCUT2D eigenvalue weighted by atomic mass is 10.1. The van der Waals surface area contributed by atoms with Crippen molar-refractivity contribution in [1.82, 2.24) is 19.9 Å². The second kappa shape index (κ2) is 9.42. The van der Waals surface area contributed by atoms with Crippen molar-refractivity contribution in [3.8, 4) is 11.6 Å². The topological polar surface area (TPSA) is 72.7 Å². The van der Waals surface area contributed by atoms with Crippen molar-refractivity contribution in [2.24, 2.45) is 0 Å². The molecule has 2 N–H and O–H groups in total. The number of halogens is 4. The Morgan fingerprint density at radius 3 is 2.79 bits per heavy atom. The third kappa shape index (κ3) is 5.47. The first-order chi connectivity index (χ1) is 15.7. The number of anilines is 1. The highest BCUT2D eigenvalue weighted by Gasteiger charge is 2.32. The van der Waals surface area contributed by atoms with Crippen LogP contribution in [0.5, 0.6) is 11.6 Å². The number of imidazole rings is 1. The molecule has 0 bridgehead atoms. The maximum absolute atomic E-state index is 14.3. The van der Waals surface area contributed by atoms with E-state index in [1.54, 1.807) is 22.8 Å². The van der Waals surface area contributed by atoms with E-state index >= 15 is 0 Å². The van der Waals surface area contributed by atoms with Crippen LogP contribution >= 0.6 is 0 Å². The van der Waals surface area contributed by atoms with Crippen LogP contribution in [-0.2, 0) is 6.54 Å². The highest BCUT2D eigenvalue weighted by Crippen LogP contribution is 2.29. The zero-order valence-corrected chi connectivity index (χ0v) is 18.2. The molecule has 0 spiro atoms. The van der Waals surface area contributed by atoms with Crippen LogP contribution < -0.4 is 20.1 Å². The molecule has 178 valence electrons. The number of benzene rings is 1. The van der Waals surface area contributed by atoms with Gasteiger partial charge in [0.1, 0.15) is 18.0 Å². The van der Waals surface area contributed by atoms with Crippen LogP contribution in [0.15, 0.2) is 36.5 Å². The molecule has 3 heterocycles. The van der Waals surface area contributed by atoms with Crippen LogP contribution in [0.4, 0.5) is 23.2 Å². The van der Waals surface area contributed by atoms with Crippen molar-refractivity contribution >= 4 is 11.3 Å². The van der Waals surface area contributed by atoms with Crippen molar-refractivity contribution in [3.63, 3.8) is 0 Å². The summed E-state index contributed by atoms with van der Waals surface area (Å²) in [7, 11) is 0. The minimum atomic E-state index is -4.80. The second-order valence-electron chi connectivity index (χ2n) is 8.14. The average Bonchev–Trinajstić information content (AvgIpc) is 3.18. The molecule has 2 aromatic heterocycles. The highest BCUT2D eigenvalue weighted by atomic mass is 19.4.